The number of rotatable bonds is 4. The summed E-state index contributed by atoms with van der Waals surface area (Å²) in [6.45, 7) is 3.24. The summed E-state index contributed by atoms with van der Waals surface area (Å²) >= 11 is 0. The van der Waals surface area contributed by atoms with Crippen LogP contribution in [0.2, 0.25) is 0 Å². The first-order chi connectivity index (χ1) is 9.60. The van der Waals surface area contributed by atoms with E-state index in [-0.39, 0.29) is 11.7 Å². The SMILES string of the molecule is CC1(C(=O)N(Cc2ccccc2F)C2CC2)CCCN1. The van der Waals surface area contributed by atoms with E-state index in [0.29, 0.717) is 18.2 Å². The first-order valence-corrected chi connectivity index (χ1v) is 7.40. The van der Waals surface area contributed by atoms with Crippen LogP contribution in [0.3, 0.4) is 0 Å². The fourth-order valence-electron chi connectivity index (χ4n) is 2.96. The van der Waals surface area contributed by atoms with Crippen molar-refractivity contribution in [2.24, 2.45) is 0 Å². The molecule has 1 N–H and O–H groups in total. The fourth-order valence-corrected chi connectivity index (χ4v) is 2.96. The summed E-state index contributed by atoms with van der Waals surface area (Å²) in [6, 6.07) is 7.02. The van der Waals surface area contributed by atoms with Crippen LogP contribution in [0.15, 0.2) is 24.3 Å². The van der Waals surface area contributed by atoms with Gasteiger partial charge in [0.2, 0.25) is 5.91 Å². The van der Waals surface area contributed by atoms with E-state index in [0.717, 1.165) is 32.2 Å². The first-order valence-electron chi connectivity index (χ1n) is 7.40. The van der Waals surface area contributed by atoms with Crippen LogP contribution in [0.1, 0.15) is 38.2 Å². The molecule has 4 heteroatoms. The van der Waals surface area contributed by atoms with E-state index in [4.69, 9.17) is 0 Å². The summed E-state index contributed by atoms with van der Waals surface area (Å²) in [7, 11) is 0. The number of benzene rings is 1. The molecule has 1 saturated carbocycles. The van der Waals surface area contributed by atoms with Crippen molar-refractivity contribution in [2.75, 3.05) is 6.54 Å². The van der Waals surface area contributed by atoms with Crippen molar-refractivity contribution in [3.63, 3.8) is 0 Å². The Morgan fingerprint density at radius 2 is 2.20 bits per heavy atom. The van der Waals surface area contributed by atoms with Gasteiger partial charge in [0, 0.05) is 18.2 Å². The smallest absolute Gasteiger partial charge is 0.243 e. The highest BCUT2D eigenvalue weighted by Crippen LogP contribution is 2.32. The highest BCUT2D eigenvalue weighted by atomic mass is 19.1. The summed E-state index contributed by atoms with van der Waals surface area (Å²) < 4.78 is 13.8. The first kappa shape index (κ1) is 13.6. The number of nitrogens with zero attached hydrogens (tertiary/aromatic N) is 1. The van der Waals surface area contributed by atoms with Crippen LogP contribution in [0.25, 0.3) is 0 Å². The van der Waals surface area contributed by atoms with Crippen molar-refractivity contribution in [1.29, 1.82) is 0 Å². The lowest BCUT2D eigenvalue weighted by Gasteiger charge is -2.32. The Morgan fingerprint density at radius 3 is 2.80 bits per heavy atom. The summed E-state index contributed by atoms with van der Waals surface area (Å²) in [6.07, 6.45) is 3.97. The maximum atomic E-state index is 13.8. The van der Waals surface area contributed by atoms with Crippen LogP contribution >= 0.6 is 0 Å². The van der Waals surface area contributed by atoms with Gasteiger partial charge in [-0.1, -0.05) is 18.2 Å². The molecule has 1 unspecified atom stereocenters. The zero-order chi connectivity index (χ0) is 14.2. The minimum Gasteiger partial charge on any atom is -0.334 e. The molecule has 1 aromatic rings. The number of amides is 1. The molecule has 1 saturated heterocycles. The second kappa shape index (κ2) is 5.17. The molecule has 20 heavy (non-hydrogen) atoms. The molecule has 2 aliphatic rings. The Kier molecular flexibility index (Phi) is 3.50. The molecule has 1 heterocycles. The zero-order valence-corrected chi connectivity index (χ0v) is 11.9. The zero-order valence-electron chi connectivity index (χ0n) is 11.9. The van der Waals surface area contributed by atoms with E-state index in [1.54, 1.807) is 12.1 Å². The topological polar surface area (TPSA) is 32.3 Å². The quantitative estimate of drug-likeness (QED) is 0.916. The summed E-state index contributed by atoms with van der Waals surface area (Å²) in [5.74, 6) is -0.101. The molecule has 1 amide bonds. The van der Waals surface area contributed by atoms with Crippen molar-refractivity contribution in [2.45, 2.75) is 50.7 Å². The lowest BCUT2D eigenvalue weighted by molar-refractivity contribution is -0.138. The van der Waals surface area contributed by atoms with E-state index in [2.05, 4.69) is 5.32 Å². The highest BCUT2D eigenvalue weighted by Gasteiger charge is 2.43. The van der Waals surface area contributed by atoms with Gasteiger partial charge in [0.05, 0.1) is 5.54 Å². The average molecular weight is 276 g/mol. The maximum Gasteiger partial charge on any atom is 0.243 e. The second-order valence-electron chi connectivity index (χ2n) is 6.12. The molecular formula is C16H21FN2O. The maximum absolute atomic E-state index is 13.8. The van der Waals surface area contributed by atoms with Gasteiger partial charge in [0.15, 0.2) is 0 Å². The van der Waals surface area contributed by atoms with Crippen LogP contribution in [-0.4, -0.2) is 28.9 Å². The predicted octanol–water partition coefficient (Wildman–Crippen LogP) is 2.46. The summed E-state index contributed by atoms with van der Waals surface area (Å²) in [5, 5.41) is 3.31. The van der Waals surface area contributed by atoms with Gasteiger partial charge in [-0.15, -0.1) is 0 Å². The minimum atomic E-state index is -0.464. The second-order valence-corrected chi connectivity index (χ2v) is 6.12. The predicted molar refractivity (Wildman–Crippen MR) is 75.6 cm³/mol. The lowest BCUT2D eigenvalue weighted by atomic mass is 9.98. The molecule has 0 aromatic heterocycles. The van der Waals surface area contributed by atoms with Gasteiger partial charge in [-0.2, -0.15) is 0 Å². The van der Waals surface area contributed by atoms with E-state index in [9.17, 15) is 9.18 Å². The molecule has 3 nitrogen and oxygen atoms in total. The number of carbonyl (C=O) groups excluding carboxylic acids is 1. The molecule has 3 rings (SSSR count). The number of hydrogen-bond donors (Lipinski definition) is 1. The van der Waals surface area contributed by atoms with Gasteiger partial charge >= 0.3 is 0 Å². The fraction of sp³-hybridized carbons (Fsp3) is 0.562. The van der Waals surface area contributed by atoms with Crippen molar-refractivity contribution in [3.05, 3.63) is 35.6 Å². The van der Waals surface area contributed by atoms with Crippen LogP contribution in [0, 0.1) is 5.82 Å². The Bertz CT molecular complexity index is 507. The Hall–Kier alpha value is -1.42. The van der Waals surface area contributed by atoms with Crippen molar-refractivity contribution in [1.82, 2.24) is 10.2 Å². The molecule has 1 aromatic carbocycles. The number of nitrogens with one attached hydrogen (secondary N) is 1. The average Bonchev–Trinajstić information content (AvgIpc) is 3.19. The van der Waals surface area contributed by atoms with Crippen molar-refractivity contribution >= 4 is 5.91 Å². The van der Waals surface area contributed by atoms with Crippen LogP contribution in [0.5, 0.6) is 0 Å². The third kappa shape index (κ3) is 2.57. The van der Waals surface area contributed by atoms with Gasteiger partial charge < -0.3 is 10.2 Å². The normalized spacial score (nSPS) is 25.7. The highest BCUT2D eigenvalue weighted by molar-refractivity contribution is 5.86. The number of carbonyl (C=O) groups is 1. The van der Waals surface area contributed by atoms with E-state index >= 15 is 0 Å². The number of halogens is 1. The third-order valence-electron chi connectivity index (χ3n) is 4.39. The van der Waals surface area contributed by atoms with Gasteiger partial charge in [-0.05, 0) is 45.2 Å². The standard InChI is InChI=1S/C16H21FN2O/c1-16(9-4-10-18-16)15(20)19(13-7-8-13)11-12-5-2-3-6-14(12)17/h2-3,5-6,13,18H,4,7-11H2,1H3. The van der Waals surface area contributed by atoms with Crippen LogP contribution in [0.4, 0.5) is 4.39 Å². The molecule has 1 aliphatic heterocycles. The van der Waals surface area contributed by atoms with E-state index < -0.39 is 5.54 Å². The molecule has 0 spiro atoms. The summed E-state index contributed by atoms with van der Waals surface area (Å²) in [5.41, 5.74) is 0.141. The third-order valence-corrected chi connectivity index (χ3v) is 4.39. The molecule has 1 atom stereocenters. The molecule has 108 valence electrons. The molecule has 0 bridgehead atoms. The number of hydrogen-bond acceptors (Lipinski definition) is 2. The Balaban J connectivity index is 1.79. The molecule has 0 radical (unpaired) electrons. The largest absolute Gasteiger partial charge is 0.334 e. The van der Waals surface area contributed by atoms with E-state index in [1.807, 2.05) is 17.9 Å². The minimum absolute atomic E-state index is 0.126. The Morgan fingerprint density at radius 1 is 1.45 bits per heavy atom. The van der Waals surface area contributed by atoms with Crippen LogP contribution < -0.4 is 5.32 Å². The van der Waals surface area contributed by atoms with E-state index in [1.165, 1.54) is 6.07 Å². The van der Waals surface area contributed by atoms with Crippen LogP contribution in [-0.2, 0) is 11.3 Å². The van der Waals surface area contributed by atoms with Crippen molar-refractivity contribution < 1.29 is 9.18 Å². The lowest BCUT2D eigenvalue weighted by Crippen LogP contribution is -2.53. The van der Waals surface area contributed by atoms with Gasteiger partial charge in [-0.25, -0.2) is 4.39 Å². The monoisotopic (exact) mass is 276 g/mol. The molecule has 2 fully saturated rings. The molecular weight excluding hydrogens is 255 g/mol. The van der Waals surface area contributed by atoms with Gasteiger partial charge in [0.1, 0.15) is 5.82 Å². The van der Waals surface area contributed by atoms with Crippen molar-refractivity contribution in [3.8, 4) is 0 Å². The summed E-state index contributed by atoms with van der Waals surface area (Å²) in [4.78, 5) is 14.7. The molecule has 1 aliphatic carbocycles. The Labute approximate surface area is 119 Å². The van der Waals surface area contributed by atoms with Gasteiger partial charge in [-0.3, -0.25) is 4.79 Å². The van der Waals surface area contributed by atoms with Gasteiger partial charge in [0.25, 0.3) is 0 Å².